The molecule has 0 heterocycles. The van der Waals surface area contributed by atoms with E-state index in [9.17, 15) is 18.4 Å². The Balaban J connectivity index is 2.85. The Morgan fingerprint density at radius 3 is 2.29 bits per heavy atom. The van der Waals surface area contributed by atoms with Gasteiger partial charge in [0.05, 0.1) is 13.1 Å². The molecule has 0 aromatic heterocycles. The standard InChI is InChI=1S/C17H25F2N3O2/c1-3-8-22(9-4-2)16(24)14-7-5-6-13(10-14)15(23)21-12-17(18,19)11-20/h5-7,10H,3-4,8-9,11-12,20H2,1-2H3,(H,21,23). The lowest BCUT2D eigenvalue weighted by Gasteiger charge is -2.21. The van der Waals surface area contributed by atoms with E-state index in [-0.39, 0.29) is 11.5 Å². The Kier molecular flexibility index (Phi) is 7.78. The fraction of sp³-hybridized carbons (Fsp3) is 0.529. The van der Waals surface area contributed by atoms with Crippen LogP contribution in [0.4, 0.5) is 8.78 Å². The molecule has 1 aromatic carbocycles. The summed E-state index contributed by atoms with van der Waals surface area (Å²) in [6.07, 6.45) is 1.67. The quantitative estimate of drug-likeness (QED) is 0.723. The second-order valence-corrected chi connectivity index (χ2v) is 5.62. The van der Waals surface area contributed by atoms with E-state index < -0.39 is 24.9 Å². The monoisotopic (exact) mass is 341 g/mol. The van der Waals surface area contributed by atoms with Crippen molar-refractivity contribution in [3.8, 4) is 0 Å². The van der Waals surface area contributed by atoms with Gasteiger partial charge in [0, 0.05) is 24.2 Å². The SMILES string of the molecule is CCCN(CCC)C(=O)c1cccc(C(=O)NCC(F)(F)CN)c1. The molecule has 0 unspecified atom stereocenters. The Labute approximate surface area is 141 Å². The van der Waals surface area contributed by atoms with Crippen LogP contribution in [0.2, 0.25) is 0 Å². The summed E-state index contributed by atoms with van der Waals surface area (Å²) in [7, 11) is 0. The van der Waals surface area contributed by atoms with Crippen molar-refractivity contribution in [2.75, 3.05) is 26.2 Å². The Morgan fingerprint density at radius 2 is 1.75 bits per heavy atom. The third kappa shape index (κ3) is 5.88. The highest BCUT2D eigenvalue weighted by Crippen LogP contribution is 2.12. The molecular formula is C17H25F2N3O2. The van der Waals surface area contributed by atoms with Crippen molar-refractivity contribution in [1.29, 1.82) is 0 Å². The number of nitrogens with one attached hydrogen (secondary N) is 1. The lowest BCUT2D eigenvalue weighted by atomic mass is 10.1. The van der Waals surface area contributed by atoms with Gasteiger partial charge in [0.25, 0.3) is 17.7 Å². The van der Waals surface area contributed by atoms with Crippen LogP contribution in [0, 0.1) is 0 Å². The molecule has 5 nitrogen and oxygen atoms in total. The normalized spacial score (nSPS) is 11.2. The van der Waals surface area contributed by atoms with Gasteiger partial charge in [0.15, 0.2) is 0 Å². The van der Waals surface area contributed by atoms with Gasteiger partial charge in [0.1, 0.15) is 0 Å². The first-order valence-corrected chi connectivity index (χ1v) is 8.10. The first-order valence-electron chi connectivity index (χ1n) is 8.10. The van der Waals surface area contributed by atoms with E-state index >= 15 is 0 Å². The van der Waals surface area contributed by atoms with Gasteiger partial charge in [0.2, 0.25) is 0 Å². The molecule has 0 radical (unpaired) electrons. The fourth-order valence-electron chi connectivity index (χ4n) is 2.21. The summed E-state index contributed by atoms with van der Waals surface area (Å²) >= 11 is 0. The van der Waals surface area contributed by atoms with Crippen LogP contribution in [0.1, 0.15) is 47.4 Å². The van der Waals surface area contributed by atoms with Gasteiger partial charge in [-0.25, -0.2) is 8.78 Å². The molecule has 24 heavy (non-hydrogen) atoms. The molecule has 0 saturated carbocycles. The first kappa shape index (κ1) is 20.0. The highest BCUT2D eigenvalue weighted by molar-refractivity contribution is 5.99. The molecular weight excluding hydrogens is 316 g/mol. The maximum Gasteiger partial charge on any atom is 0.277 e. The largest absolute Gasteiger partial charge is 0.346 e. The summed E-state index contributed by atoms with van der Waals surface area (Å²) in [6, 6.07) is 6.10. The summed E-state index contributed by atoms with van der Waals surface area (Å²) in [5.41, 5.74) is 5.47. The summed E-state index contributed by atoms with van der Waals surface area (Å²) in [5, 5.41) is 2.14. The number of amides is 2. The molecule has 0 bridgehead atoms. The van der Waals surface area contributed by atoms with Crippen molar-refractivity contribution in [2.24, 2.45) is 5.73 Å². The van der Waals surface area contributed by atoms with Crippen LogP contribution in [0.25, 0.3) is 0 Å². The van der Waals surface area contributed by atoms with Gasteiger partial charge in [-0.2, -0.15) is 0 Å². The third-order valence-electron chi connectivity index (χ3n) is 3.45. The molecule has 0 aliphatic heterocycles. The topological polar surface area (TPSA) is 75.4 Å². The van der Waals surface area contributed by atoms with E-state index in [1.54, 1.807) is 17.0 Å². The van der Waals surface area contributed by atoms with Gasteiger partial charge < -0.3 is 16.0 Å². The third-order valence-corrected chi connectivity index (χ3v) is 3.45. The van der Waals surface area contributed by atoms with Gasteiger partial charge in [-0.15, -0.1) is 0 Å². The maximum atomic E-state index is 13.1. The average molecular weight is 341 g/mol. The second kappa shape index (κ2) is 9.32. The molecule has 0 fully saturated rings. The summed E-state index contributed by atoms with van der Waals surface area (Å²) in [4.78, 5) is 26.2. The number of hydrogen-bond acceptors (Lipinski definition) is 3. The maximum absolute atomic E-state index is 13.1. The van der Waals surface area contributed by atoms with Crippen LogP contribution in [0.5, 0.6) is 0 Å². The number of alkyl halides is 2. The number of halogens is 2. The Bertz CT molecular complexity index is 559. The number of carbonyl (C=O) groups excluding carboxylic acids is 2. The summed E-state index contributed by atoms with van der Waals surface area (Å²) in [6.45, 7) is 3.56. The van der Waals surface area contributed by atoms with Crippen molar-refractivity contribution in [3.05, 3.63) is 35.4 Å². The lowest BCUT2D eigenvalue weighted by Crippen LogP contribution is -2.41. The first-order chi connectivity index (χ1) is 11.3. The Hall–Kier alpha value is -2.02. The van der Waals surface area contributed by atoms with Crippen molar-refractivity contribution < 1.29 is 18.4 Å². The van der Waals surface area contributed by atoms with Gasteiger partial charge in [-0.05, 0) is 31.0 Å². The van der Waals surface area contributed by atoms with Gasteiger partial charge in [-0.1, -0.05) is 19.9 Å². The average Bonchev–Trinajstić information content (AvgIpc) is 2.59. The number of nitrogens with two attached hydrogens (primary N) is 1. The molecule has 7 heteroatoms. The van der Waals surface area contributed by atoms with E-state index in [4.69, 9.17) is 5.73 Å². The van der Waals surface area contributed by atoms with Crippen LogP contribution >= 0.6 is 0 Å². The number of nitrogens with zero attached hydrogens (tertiary/aromatic N) is 1. The summed E-state index contributed by atoms with van der Waals surface area (Å²) in [5.74, 6) is -3.97. The molecule has 0 aliphatic rings. The van der Waals surface area contributed by atoms with Gasteiger partial charge in [-0.3, -0.25) is 9.59 Å². The number of carbonyl (C=O) groups is 2. The van der Waals surface area contributed by atoms with Crippen molar-refractivity contribution in [3.63, 3.8) is 0 Å². The second-order valence-electron chi connectivity index (χ2n) is 5.62. The van der Waals surface area contributed by atoms with Crippen molar-refractivity contribution in [1.82, 2.24) is 10.2 Å². The Morgan fingerprint density at radius 1 is 1.17 bits per heavy atom. The van der Waals surface area contributed by atoms with Gasteiger partial charge >= 0.3 is 0 Å². The van der Waals surface area contributed by atoms with E-state index in [1.165, 1.54) is 12.1 Å². The molecule has 1 rings (SSSR count). The van der Waals surface area contributed by atoms with E-state index in [2.05, 4.69) is 5.32 Å². The molecule has 0 spiro atoms. The van der Waals surface area contributed by atoms with Crippen LogP contribution in [-0.4, -0.2) is 48.8 Å². The minimum atomic E-state index is -3.15. The summed E-state index contributed by atoms with van der Waals surface area (Å²) < 4.78 is 26.2. The zero-order valence-electron chi connectivity index (χ0n) is 14.1. The lowest BCUT2D eigenvalue weighted by molar-refractivity contribution is 0.0118. The highest BCUT2D eigenvalue weighted by atomic mass is 19.3. The predicted octanol–water partition coefficient (Wildman–Crippen LogP) is 2.27. The molecule has 3 N–H and O–H groups in total. The minimum absolute atomic E-state index is 0.166. The number of hydrogen-bond donors (Lipinski definition) is 2. The molecule has 0 atom stereocenters. The zero-order valence-corrected chi connectivity index (χ0v) is 14.1. The van der Waals surface area contributed by atoms with Crippen LogP contribution in [-0.2, 0) is 0 Å². The number of rotatable bonds is 9. The predicted molar refractivity (Wildman–Crippen MR) is 89.3 cm³/mol. The van der Waals surface area contributed by atoms with Crippen molar-refractivity contribution >= 4 is 11.8 Å². The van der Waals surface area contributed by atoms with E-state index in [1.807, 2.05) is 13.8 Å². The van der Waals surface area contributed by atoms with Crippen LogP contribution in [0.3, 0.4) is 0 Å². The van der Waals surface area contributed by atoms with Crippen LogP contribution in [0.15, 0.2) is 24.3 Å². The number of benzene rings is 1. The fourth-order valence-corrected chi connectivity index (χ4v) is 2.21. The molecule has 2 amide bonds. The van der Waals surface area contributed by atoms with E-state index in [0.717, 1.165) is 12.8 Å². The van der Waals surface area contributed by atoms with E-state index in [0.29, 0.717) is 18.7 Å². The minimum Gasteiger partial charge on any atom is -0.346 e. The molecule has 134 valence electrons. The molecule has 1 aromatic rings. The van der Waals surface area contributed by atoms with Crippen molar-refractivity contribution in [2.45, 2.75) is 32.6 Å². The van der Waals surface area contributed by atoms with Crippen LogP contribution < -0.4 is 11.1 Å². The highest BCUT2D eigenvalue weighted by Gasteiger charge is 2.27. The zero-order chi connectivity index (χ0) is 18.2. The molecule has 0 saturated heterocycles. The smallest absolute Gasteiger partial charge is 0.277 e. The molecule has 0 aliphatic carbocycles.